The molecule has 15 heavy (non-hydrogen) atoms. The van der Waals surface area contributed by atoms with E-state index in [2.05, 4.69) is 15.6 Å². The van der Waals surface area contributed by atoms with Gasteiger partial charge in [0.1, 0.15) is 0 Å². The third-order valence-corrected chi connectivity index (χ3v) is 2.75. The van der Waals surface area contributed by atoms with E-state index in [1.807, 2.05) is 6.07 Å². The summed E-state index contributed by atoms with van der Waals surface area (Å²) in [6.45, 7) is 2.07. The second-order valence-electron chi connectivity index (χ2n) is 4.06. The summed E-state index contributed by atoms with van der Waals surface area (Å²) in [4.78, 5) is 14.5. The highest BCUT2D eigenvalue weighted by molar-refractivity contribution is 5.90. The highest BCUT2D eigenvalue weighted by atomic mass is 16.1. The van der Waals surface area contributed by atoms with Crippen molar-refractivity contribution in [1.82, 2.24) is 10.3 Å². The molecule has 1 atom stereocenters. The lowest BCUT2D eigenvalue weighted by atomic mass is 9.96. The van der Waals surface area contributed by atoms with Gasteiger partial charge in [-0.1, -0.05) is 0 Å². The average Bonchev–Trinajstić information content (AvgIpc) is 2.71. The fraction of sp³-hybridized carbons (Fsp3) is 0.545. The van der Waals surface area contributed by atoms with Gasteiger partial charge in [0.05, 0.1) is 5.69 Å². The molecule has 0 saturated carbocycles. The van der Waals surface area contributed by atoms with Crippen molar-refractivity contribution in [3.8, 4) is 0 Å². The van der Waals surface area contributed by atoms with Crippen molar-refractivity contribution in [3.05, 3.63) is 18.5 Å². The SMILES string of the molecule is O=C(CC1CCCNC1)Nc1cc[nH]c1. The Hall–Kier alpha value is -1.29. The van der Waals surface area contributed by atoms with Crippen LogP contribution in [0.5, 0.6) is 0 Å². The number of aromatic amines is 1. The van der Waals surface area contributed by atoms with Crippen LogP contribution in [0, 0.1) is 5.92 Å². The van der Waals surface area contributed by atoms with Gasteiger partial charge in [0.15, 0.2) is 0 Å². The van der Waals surface area contributed by atoms with E-state index in [1.165, 1.54) is 6.42 Å². The molecular formula is C11H17N3O. The summed E-state index contributed by atoms with van der Waals surface area (Å²) in [6, 6.07) is 1.86. The largest absolute Gasteiger partial charge is 0.366 e. The van der Waals surface area contributed by atoms with Crippen molar-refractivity contribution in [2.45, 2.75) is 19.3 Å². The summed E-state index contributed by atoms with van der Waals surface area (Å²) in [6.07, 6.45) is 6.56. The first-order valence-corrected chi connectivity index (χ1v) is 5.48. The predicted octanol–water partition coefficient (Wildman–Crippen LogP) is 1.34. The molecule has 1 aromatic rings. The first-order chi connectivity index (χ1) is 7.34. The molecule has 1 fully saturated rings. The Kier molecular flexibility index (Phi) is 3.40. The minimum atomic E-state index is 0.114. The molecule has 0 aliphatic carbocycles. The molecule has 2 heterocycles. The number of H-pyrrole nitrogens is 1. The zero-order valence-corrected chi connectivity index (χ0v) is 8.75. The highest BCUT2D eigenvalue weighted by Crippen LogP contribution is 2.15. The second-order valence-corrected chi connectivity index (χ2v) is 4.06. The molecular weight excluding hydrogens is 190 g/mol. The fourth-order valence-corrected chi connectivity index (χ4v) is 1.97. The number of carbonyl (C=O) groups is 1. The maximum atomic E-state index is 11.6. The average molecular weight is 207 g/mol. The standard InChI is InChI=1S/C11H17N3O/c15-11(14-10-3-5-13-8-10)6-9-2-1-4-12-7-9/h3,5,8-9,12-13H,1-2,4,6-7H2,(H,14,15). The molecule has 4 heteroatoms. The maximum absolute atomic E-state index is 11.6. The zero-order valence-electron chi connectivity index (χ0n) is 8.75. The molecule has 3 N–H and O–H groups in total. The lowest BCUT2D eigenvalue weighted by Crippen LogP contribution is -2.32. The Morgan fingerprint density at radius 3 is 3.20 bits per heavy atom. The molecule has 1 aliphatic rings. The van der Waals surface area contributed by atoms with Crippen LogP contribution in [0.2, 0.25) is 0 Å². The van der Waals surface area contributed by atoms with E-state index in [9.17, 15) is 4.79 Å². The highest BCUT2D eigenvalue weighted by Gasteiger charge is 2.16. The number of nitrogens with one attached hydrogen (secondary N) is 3. The van der Waals surface area contributed by atoms with Gasteiger partial charge in [0.25, 0.3) is 0 Å². The Balaban J connectivity index is 1.76. The van der Waals surface area contributed by atoms with Gasteiger partial charge < -0.3 is 15.6 Å². The third-order valence-electron chi connectivity index (χ3n) is 2.75. The predicted molar refractivity (Wildman–Crippen MR) is 59.6 cm³/mol. The molecule has 4 nitrogen and oxygen atoms in total. The summed E-state index contributed by atoms with van der Waals surface area (Å²) in [7, 11) is 0. The van der Waals surface area contributed by atoms with Crippen molar-refractivity contribution < 1.29 is 4.79 Å². The van der Waals surface area contributed by atoms with E-state index in [1.54, 1.807) is 12.4 Å². The summed E-state index contributed by atoms with van der Waals surface area (Å²) in [5, 5.41) is 6.18. The zero-order chi connectivity index (χ0) is 10.5. The molecule has 0 aromatic carbocycles. The molecule has 82 valence electrons. The van der Waals surface area contributed by atoms with Gasteiger partial charge in [0, 0.05) is 18.8 Å². The van der Waals surface area contributed by atoms with Crippen LogP contribution in [-0.2, 0) is 4.79 Å². The Morgan fingerprint density at radius 2 is 2.53 bits per heavy atom. The molecule has 1 unspecified atom stereocenters. The Labute approximate surface area is 89.5 Å². The smallest absolute Gasteiger partial charge is 0.224 e. The van der Waals surface area contributed by atoms with Gasteiger partial charge in [-0.3, -0.25) is 4.79 Å². The molecule has 1 amide bonds. The molecule has 1 aliphatic heterocycles. The van der Waals surface area contributed by atoms with Crippen LogP contribution in [0.4, 0.5) is 5.69 Å². The number of rotatable bonds is 3. The molecule has 0 radical (unpaired) electrons. The number of hydrogen-bond acceptors (Lipinski definition) is 2. The van der Waals surface area contributed by atoms with Gasteiger partial charge in [0.2, 0.25) is 5.91 Å². The van der Waals surface area contributed by atoms with Crippen LogP contribution in [0.1, 0.15) is 19.3 Å². The van der Waals surface area contributed by atoms with E-state index in [0.29, 0.717) is 12.3 Å². The van der Waals surface area contributed by atoms with Gasteiger partial charge in [-0.15, -0.1) is 0 Å². The van der Waals surface area contributed by atoms with E-state index in [-0.39, 0.29) is 5.91 Å². The summed E-state index contributed by atoms with van der Waals surface area (Å²) < 4.78 is 0. The fourth-order valence-electron chi connectivity index (χ4n) is 1.97. The van der Waals surface area contributed by atoms with Crippen LogP contribution < -0.4 is 10.6 Å². The first kappa shape index (κ1) is 10.2. The van der Waals surface area contributed by atoms with Gasteiger partial charge >= 0.3 is 0 Å². The van der Waals surface area contributed by atoms with Crippen molar-refractivity contribution in [3.63, 3.8) is 0 Å². The Morgan fingerprint density at radius 1 is 1.60 bits per heavy atom. The quantitative estimate of drug-likeness (QED) is 0.700. The monoisotopic (exact) mass is 207 g/mol. The first-order valence-electron chi connectivity index (χ1n) is 5.48. The lowest BCUT2D eigenvalue weighted by Gasteiger charge is -2.21. The number of anilines is 1. The van der Waals surface area contributed by atoms with Gasteiger partial charge in [-0.2, -0.15) is 0 Å². The summed E-state index contributed by atoms with van der Waals surface area (Å²) in [5.74, 6) is 0.612. The van der Waals surface area contributed by atoms with Crippen molar-refractivity contribution in [2.24, 2.45) is 5.92 Å². The normalized spacial score (nSPS) is 21.2. The van der Waals surface area contributed by atoms with E-state index < -0.39 is 0 Å². The topological polar surface area (TPSA) is 56.9 Å². The molecule has 0 spiro atoms. The minimum Gasteiger partial charge on any atom is -0.366 e. The van der Waals surface area contributed by atoms with E-state index >= 15 is 0 Å². The molecule has 1 aromatic heterocycles. The summed E-state index contributed by atoms with van der Waals surface area (Å²) >= 11 is 0. The Bertz CT molecular complexity index is 302. The number of amides is 1. The van der Waals surface area contributed by atoms with E-state index in [0.717, 1.165) is 25.2 Å². The maximum Gasteiger partial charge on any atom is 0.224 e. The molecule has 1 saturated heterocycles. The number of piperidine rings is 1. The molecule has 2 rings (SSSR count). The lowest BCUT2D eigenvalue weighted by molar-refractivity contribution is -0.117. The van der Waals surface area contributed by atoms with Crippen LogP contribution in [0.3, 0.4) is 0 Å². The van der Waals surface area contributed by atoms with Gasteiger partial charge in [-0.05, 0) is 37.9 Å². The van der Waals surface area contributed by atoms with Gasteiger partial charge in [-0.25, -0.2) is 0 Å². The summed E-state index contributed by atoms with van der Waals surface area (Å²) in [5.41, 5.74) is 0.851. The van der Waals surface area contributed by atoms with Crippen molar-refractivity contribution >= 4 is 11.6 Å². The van der Waals surface area contributed by atoms with Crippen LogP contribution in [0.15, 0.2) is 18.5 Å². The third kappa shape index (κ3) is 3.09. The van der Waals surface area contributed by atoms with Crippen LogP contribution >= 0.6 is 0 Å². The molecule has 0 bridgehead atoms. The van der Waals surface area contributed by atoms with Crippen LogP contribution in [-0.4, -0.2) is 24.0 Å². The van der Waals surface area contributed by atoms with Crippen molar-refractivity contribution in [1.29, 1.82) is 0 Å². The number of aromatic nitrogens is 1. The van der Waals surface area contributed by atoms with Crippen molar-refractivity contribution in [2.75, 3.05) is 18.4 Å². The second kappa shape index (κ2) is 4.98. The van der Waals surface area contributed by atoms with E-state index in [4.69, 9.17) is 0 Å². The number of hydrogen-bond donors (Lipinski definition) is 3. The number of carbonyl (C=O) groups excluding carboxylic acids is 1. The minimum absolute atomic E-state index is 0.114. The van der Waals surface area contributed by atoms with Crippen LogP contribution in [0.25, 0.3) is 0 Å².